The van der Waals surface area contributed by atoms with Gasteiger partial charge in [-0.2, -0.15) is 0 Å². The summed E-state index contributed by atoms with van der Waals surface area (Å²) in [6.07, 6.45) is 5.26. The molecule has 0 spiro atoms. The summed E-state index contributed by atoms with van der Waals surface area (Å²) >= 11 is 0. The van der Waals surface area contributed by atoms with Gasteiger partial charge in [0.1, 0.15) is 11.4 Å². The van der Waals surface area contributed by atoms with E-state index in [0.717, 1.165) is 16.5 Å². The van der Waals surface area contributed by atoms with Gasteiger partial charge in [-0.25, -0.2) is 0 Å². The molecule has 2 rings (SSSR count). The molecule has 126 valence electrons. The van der Waals surface area contributed by atoms with Gasteiger partial charge in [0.15, 0.2) is 0 Å². The van der Waals surface area contributed by atoms with E-state index < -0.39 is 5.92 Å². The number of Topliss-reactive ketones (excluding diaryl/α,β-unsaturated/α-hetero) is 1. The summed E-state index contributed by atoms with van der Waals surface area (Å²) in [6, 6.07) is 7.64. The molecule has 0 aliphatic rings. The fraction of sp³-hybridized carbons (Fsp3) is 0.316. The molecule has 2 aromatic rings. The van der Waals surface area contributed by atoms with Crippen LogP contribution in [-0.4, -0.2) is 29.3 Å². The third-order valence-corrected chi connectivity index (χ3v) is 3.84. The van der Waals surface area contributed by atoms with Gasteiger partial charge < -0.3 is 14.7 Å². The van der Waals surface area contributed by atoms with Crippen molar-refractivity contribution in [1.29, 1.82) is 5.41 Å². The quantitative estimate of drug-likeness (QED) is 0.624. The zero-order chi connectivity index (χ0) is 17.7. The predicted octanol–water partition coefficient (Wildman–Crippen LogP) is 3.58. The second-order valence-corrected chi connectivity index (χ2v) is 5.97. The minimum atomic E-state index is -0.705. The van der Waals surface area contributed by atoms with Gasteiger partial charge in [0.2, 0.25) is 5.91 Å². The lowest BCUT2D eigenvalue weighted by atomic mass is 9.98. The Hall–Kier alpha value is -2.69. The number of nitrogens with one attached hydrogen (secondary N) is 1. The molecule has 0 saturated heterocycles. The molecule has 0 aliphatic carbocycles. The van der Waals surface area contributed by atoms with Crippen molar-refractivity contribution in [2.75, 3.05) is 7.05 Å². The van der Waals surface area contributed by atoms with E-state index in [-0.39, 0.29) is 11.7 Å². The molecule has 1 aromatic heterocycles. The van der Waals surface area contributed by atoms with Gasteiger partial charge in [-0.05, 0) is 50.1 Å². The number of rotatable bonds is 7. The molecule has 0 fully saturated rings. The van der Waals surface area contributed by atoms with E-state index in [1.165, 1.54) is 6.92 Å². The number of nitrogens with zero attached hydrogens (tertiary/aromatic N) is 1. The van der Waals surface area contributed by atoms with Crippen LogP contribution in [0.4, 0.5) is 0 Å². The SMILES string of the molecule is CC(=N)/C=C/CC(C(C)=O)C(=O)N(C)Cc1ccc2occc2c1. The maximum absolute atomic E-state index is 12.6. The average Bonchev–Trinajstić information content (AvgIpc) is 2.98. The number of carbonyl (C=O) groups is 2. The third-order valence-electron chi connectivity index (χ3n) is 3.84. The lowest BCUT2D eigenvalue weighted by Gasteiger charge is -2.22. The molecule has 0 aliphatic heterocycles. The molecule has 1 atom stereocenters. The highest BCUT2D eigenvalue weighted by molar-refractivity contribution is 6.00. The number of hydrogen-bond donors (Lipinski definition) is 1. The Kier molecular flexibility index (Phi) is 5.68. The van der Waals surface area contributed by atoms with Gasteiger partial charge in [-0.3, -0.25) is 9.59 Å². The minimum Gasteiger partial charge on any atom is -0.464 e. The highest BCUT2D eigenvalue weighted by Crippen LogP contribution is 2.19. The summed E-state index contributed by atoms with van der Waals surface area (Å²) in [7, 11) is 1.70. The van der Waals surface area contributed by atoms with Crippen LogP contribution in [0.5, 0.6) is 0 Å². The number of carbonyl (C=O) groups excluding carboxylic acids is 2. The molecule has 1 amide bonds. The first-order valence-electron chi connectivity index (χ1n) is 7.81. The Bertz CT molecular complexity index is 789. The number of fused-ring (bicyclic) bond motifs is 1. The van der Waals surface area contributed by atoms with E-state index in [0.29, 0.717) is 18.7 Å². The van der Waals surface area contributed by atoms with Gasteiger partial charge >= 0.3 is 0 Å². The zero-order valence-electron chi connectivity index (χ0n) is 14.2. The van der Waals surface area contributed by atoms with Gasteiger partial charge in [0.05, 0.1) is 12.2 Å². The van der Waals surface area contributed by atoms with Crippen LogP contribution in [0.3, 0.4) is 0 Å². The van der Waals surface area contributed by atoms with Crippen LogP contribution in [-0.2, 0) is 16.1 Å². The summed E-state index contributed by atoms with van der Waals surface area (Å²) in [5.41, 5.74) is 2.18. The highest BCUT2D eigenvalue weighted by atomic mass is 16.3. The summed E-state index contributed by atoms with van der Waals surface area (Å²) in [5.74, 6) is -1.07. The monoisotopic (exact) mass is 326 g/mol. The van der Waals surface area contributed by atoms with Crippen molar-refractivity contribution in [3.05, 3.63) is 48.2 Å². The molecule has 1 N–H and O–H groups in total. The normalized spacial score (nSPS) is 12.5. The molecule has 1 aromatic carbocycles. The van der Waals surface area contributed by atoms with Crippen molar-refractivity contribution in [2.45, 2.75) is 26.8 Å². The molecule has 0 saturated carbocycles. The number of ketones is 1. The second kappa shape index (κ2) is 7.73. The molecule has 0 radical (unpaired) electrons. The highest BCUT2D eigenvalue weighted by Gasteiger charge is 2.25. The first-order valence-corrected chi connectivity index (χ1v) is 7.81. The summed E-state index contributed by atoms with van der Waals surface area (Å²) in [6.45, 7) is 3.51. The van der Waals surface area contributed by atoms with Crippen molar-refractivity contribution in [1.82, 2.24) is 4.90 Å². The minimum absolute atomic E-state index is 0.163. The average molecular weight is 326 g/mol. The molecule has 0 bridgehead atoms. The van der Waals surface area contributed by atoms with Gasteiger partial charge in [0.25, 0.3) is 0 Å². The Labute approximate surface area is 141 Å². The van der Waals surface area contributed by atoms with Crippen LogP contribution in [0.2, 0.25) is 0 Å². The maximum Gasteiger partial charge on any atom is 0.233 e. The van der Waals surface area contributed by atoms with Crippen molar-refractivity contribution < 1.29 is 14.0 Å². The predicted molar refractivity (Wildman–Crippen MR) is 94.0 cm³/mol. The molecule has 1 unspecified atom stereocenters. The van der Waals surface area contributed by atoms with Crippen LogP contribution in [0, 0.1) is 11.3 Å². The lowest BCUT2D eigenvalue weighted by molar-refractivity contribution is -0.139. The molecular formula is C19H22N2O3. The Morgan fingerprint density at radius 1 is 1.29 bits per heavy atom. The first-order chi connectivity index (χ1) is 11.4. The van der Waals surface area contributed by atoms with Crippen LogP contribution >= 0.6 is 0 Å². The summed E-state index contributed by atoms with van der Waals surface area (Å²) in [5, 5.41) is 8.35. The first kappa shape index (κ1) is 17.7. The second-order valence-electron chi connectivity index (χ2n) is 5.97. The van der Waals surface area contributed by atoms with Crippen molar-refractivity contribution >= 4 is 28.4 Å². The van der Waals surface area contributed by atoms with Gasteiger partial charge in [0, 0.05) is 24.7 Å². The standard InChI is InChI=1S/C19H22N2O3/c1-13(20)5-4-6-17(14(2)22)19(23)21(3)12-15-7-8-18-16(11-15)9-10-24-18/h4-5,7-11,17,20H,6,12H2,1-3H3/b5-4+,20-13?. The van der Waals surface area contributed by atoms with Crippen molar-refractivity contribution in [2.24, 2.45) is 5.92 Å². The molecular weight excluding hydrogens is 304 g/mol. The smallest absolute Gasteiger partial charge is 0.233 e. The van der Waals surface area contributed by atoms with E-state index in [9.17, 15) is 9.59 Å². The Morgan fingerprint density at radius 2 is 2.04 bits per heavy atom. The van der Waals surface area contributed by atoms with Crippen LogP contribution in [0.15, 0.2) is 47.1 Å². The molecule has 5 nitrogen and oxygen atoms in total. The maximum atomic E-state index is 12.6. The van der Waals surface area contributed by atoms with E-state index in [4.69, 9.17) is 9.83 Å². The van der Waals surface area contributed by atoms with E-state index in [1.54, 1.807) is 37.3 Å². The van der Waals surface area contributed by atoms with E-state index >= 15 is 0 Å². The molecule has 5 heteroatoms. The van der Waals surface area contributed by atoms with Gasteiger partial charge in [-0.15, -0.1) is 0 Å². The topological polar surface area (TPSA) is 74.4 Å². The third kappa shape index (κ3) is 4.41. The summed E-state index contributed by atoms with van der Waals surface area (Å²) < 4.78 is 5.31. The number of furan rings is 1. The lowest BCUT2D eigenvalue weighted by Crippen LogP contribution is -2.35. The molecule has 24 heavy (non-hydrogen) atoms. The fourth-order valence-electron chi connectivity index (χ4n) is 2.55. The number of benzene rings is 1. The van der Waals surface area contributed by atoms with Crippen molar-refractivity contribution in [3.8, 4) is 0 Å². The largest absolute Gasteiger partial charge is 0.464 e. The van der Waals surface area contributed by atoms with Crippen LogP contribution in [0.1, 0.15) is 25.8 Å². The summed E-state index contributed by atoms with van der Waals surface area (Å²) in [4.78, 5) is 26.0. The van der Waals surface area contributed by atoms with E-state index in [1.807, 2.05) is 24.3 Å². The number of allylic oxidation sites excluding steroid dienone is 2. The fourth-order valence-corrected chi connectivity index (χ4v) is 2.55. The van der Waals surface area contributed by atoms with Gasteiger partial charge in [-0.1, -0.05) is 12.1 Å². The number of amides is 1. The zero-order valence-corrected chi connectivity index (χ0v) is 14.2. The Balaban J connectivity index is 2.07. The van der Waals surface area contributed by atoms with Crippen molar-refractivity contribution in [3.63, 3.8) is 0 Å². The Morgan fingerprint density at radius 3 is 2.71 bits per heavy atom. The number of hydrogen-bond acceptors (Lipinski definition) is 4. The van der Waals surface area contributed by atoms with Crippen LogP contribution < -0.4 is 0 Å². The molecule has 1 heterocycles. The van der Waals surface area contributed by atoms with Crippen LogP contribution in [0.25, 0.3) is 11.0 Å². The van der Waals surface area contributed by atoms with E-state index in [2.05, 4.69) is 0 Å².